The lowest BCUT2D eigenvalue weighted by molar-refractivity contribution is 1.34. The molecule has 0 saturated carbocycles. The van der Waals surface area contributed by atoms with Crippen LogP contribution < -0.4 is 0 Å². The molecule has 8 rings (SSSR count). The second kappa shape index (κ2) is 8.37. The third-order valence-corrected chi connectivity index (χ3v) is 8.32. The number of nitrogens with zero attached hydrogens (tertiary/aromatic N) is 2. The van der Waals surface area contributed by atoms with Crippen molar-refractivity contribution in [3.8, 4) is 33.1 Å². The van der Waals surface area contributed by atoms with E-state index in [1.165, 1.54) is 37.4 Å². The molecule has 178 valence electrons. The van der Waals surface area contributed by atoms with Crippen molar-refractivity contribution in [2.75, 3.05) is 0 Å². The Morgan fingerprint density at radius 3 is 2.26 bits per heavy atom. The molecule has 0 fully saturated rings. The quantitative estimate of drug-likeness (QED) is 0.261. The summed E-state index contributed by atoms with van der Waals surface area (Å²) in [6, 6.07) is 42.9. The molecule has 2 aromatic heterocycles. The topological polar surface area (TPSA) is 41.6 Å². The van der Waals surface area contributed by atoms with Crippen LogP contribution in [0.15, 0.2) is 121 Å². The molecule has 3 nitrogen and oxygen atoms in total. The Kier molecular flexibility index (Phi) is 4.69. The summed E-state index contributed by atoms with van der Waals surface area (Å²) in [7, 11) is 0. The second-order valence-corrected chi connectivity index (χ2v) is 10.6. The van der Waals surface area contributed by atoms with Gasteiger partial charge in [-0.1, -0.05) is 78.9 Å². The number of hydrogen-bond acceptors (Lipinski definition) is 3. The molecule has 4 heteroatoms. The smallest absolute Gasteiger partial charge is 0.138 e. The molecule has 0 amide bonds. The molecule has 1 N–H and O–H groups in total. The Hall–Kier alpha value is -4.80. The van der Waals surface area contributed by atoms with Crippen molar-refractivity contribution in [2.45, 2.75) is 0 Å². The van der Waals surface area contributed by atoms with Gasteiger partial charge in [0.25, 0.3) is 0 Å². The molecule has 8 aromatic rings. The summed E-state index contributed by atoms with van der Waals surface area (Å²) >= 11 is 1.74. The van der Waals surface area contributed by atoms with Crippen molar-refractivity contribution in [1.82, 2.24) is 15.0 Å². The van der Waals surface area contributed by atoms with Gasteiger partial charge in [0.15, 0.2) is 0 Å². The minimum absolute atomic E-state index is 0.883. The van der Waals surface area contributed by atoms with E-state index in [0.29, 0.717) is 0 Å². The van der Waals surface area contributed by atoms with E-state index in [2.05, 4.69) is 102 Å². The van der Waals surface area contributed by atoms with Gasteiger partial charge in [-0.25, -0.2) is 9.97 Å². The highest BCUT2D eigenvalue weighted by atomic mass is 32.1. The molecular formula is C34H21N3S. The summed E-state index contributed by atoms with van der Waals surface area (Å²) in [5.41, 5.74) is 7.69. The summed E-state index contributed by atoms with van der Waals surface area (Å²) in [5.74, 6) is 0.883. The second-order valence-electron chi connectivity index (χ2n) is 9.58. The molecule has 0 saturated heterocycles. The van der Waals surface area contributed by atoms with Crippen LogP contribution in [0.4, 0.5) is 0 Å². The zero-order chi connectivity index (χ0) is 25.1. The van der Waals surface area contributed by atoms with Crippen molar-refractivity contribution in [3.63, 3.8) is 0 Å². The molecule has 0 aliphatic rings. The fraction of sp³-hybridized carbons (Fsp3) is 0. The number of aromatic amines is 1. The third kappa shape index (κ3) is 3.42. The zero-order valence-electron chi connectivity index (χ0n) is 20.3. The van der Waals surface area contributed by atoms with Crippen LogP contribution in [0, 0.1) is 0 Å². The largest absolute Gasteiger partial charge is 0.338 e. The number of thiazole rings is 1. The highest BCUT2D eigenvalue weighted by Gasteiger charge is 2.14. The van der Waals surface area contributed by atoms with Gasteiger partial charge in [-0.15, -0.1) is 11.3 Å². The lowest BCUT2D eigenvalue weighted by Gasteiger charge is -2.13. The van der Waals surface area contributed by atoms with Gasteiger partial charge in [0.05, 0.1) is 21.3 Å². The first kappa shape index (κ1) is 21.3. The minimum Gasteiger partial charge on any atom is -0.338 e. The molecule has 0 radical (unpaired) electrons. The normalized spacial score (nSPS) is 11.7. The molecule has 0 spiro atoms. The zero-order valence-corrected chi connectivity index (χ0v) is 21.2. The Morgan fingerprint density at radius 1 is 0.526 bits per heavy atom. The van der Waals surface area contributed by atoms with Crippen LogP contribution in [0.25, 0.3) is 75.9 Å². The van der Waals surface area contributed by atoms with E-state index >= 15 is 0 Å². The standard InChI is InChI=1S/C34H21N3S/c1-2-10-25-22(8-1)18-24(33-35-29-12-3-4-13-30(29)36-33)20-28(25)26-11-7-9-21-16-17-23(19-27(21)26)34-37-31-14-5-6-15-32(31)38-34/h1-20H,(H,35,36). The number of fused-ring (bicyclic) bond motifs is 4. The van der Waals surface area contributed by atoms with Crippen molar-refractivity contribution in [1.29, 1.82) is 0 Å². The van der Waals surface area contributed by atoms with Gasteiger partial charge in [0.2, 0.25) is 0 Å². The van der Waals surface area contributed by atoms with Crippen LogP contribution in [0.2, 0.25) is 0 Å². The first-order chi connectivity index (χ1) is 18.8. The maximum Gasteiger partial charge on any atom is 0.138 e. The maximum absolute atomic E-state index is 4.92. The average Bonchev–Trinajstić information content (AvgIpc) is 3.61. The Labute approximate surface area is 223 Å². The van der Waals surface area contributed by atoms with Crippen molar-refractivity contribution < 1.29 is 0 Å². The molecule has 0 aliphatic heterocycles. The predicted molar refractivity (Wildman–Crippen MR) is 161 cm³/mol. The Morgan fingerprint density at radius 2 is 1.34 bits per heavy atom. The van der Waals surface area contributed by atoms with E-state index in [0.717, 1.165) is 38.5 Å². The van der Waals surface area contributed by atoms with Crippen molar-refractivity contribution in [3.05, 3.63) is 121 Å². The third-order valence-electron chi connectivity index (χ3n) is 7.24. The molecule has 0 unspecified atom stereocenters. The molecule has 0 aliphatic carbocycles. The number of hydrogen-bond donors (Lipinski definition) is 1. The molecule has 0 atom stereocenters. The van der Waals surface area contributed by atoms with Crippen molar-refractivity contribution in [2.24, 2.45) is 0 Å². The summed E-state index contributed by atoms with van der Waals surface area (Å²) in [5, 5.41) is 5.90. The van der Waals surface area contributed by atoms with Gasteiger partial charge >= 0.3 is 0 Å². The monoisotopic (exact) mass is 503 g/mol. The van der Waals surface area contributed by atoms with Gasteiger partial charge in [0.1, 0.15) is 10.8 Å². The molecular weight excluding hydrogens is 482 g/mol. The number of rotatable bonds is 3. The number of aromatic nitrogens is 3. The van der Waals surface area contributed by atoms with E-state index in [1.54, 1.807) is 11.3 Å². The lowest BCUT2D eigenvalue weighted by atomic mass is 9.91. The number of nitrogens with one attached hydrogen (secondary N) is 1. The number of H-pyrrole nitrogens is 1. The summed E-state index contributed by atoms with van der Waals surface area (Å²) < 4.78 is 1.21. The number of benzene rings is 6. The predicted octanol–water partition coefficient (Wildman–Crippen LogP) is 9.48. The van der Waals surface area contributed by atoms with Gasteiger partial charge in [-0.2, -0.15) is 0 Å². The van der Waals surface area contributed by atoms with Crippen LogP contribution in [0.1, 0.15) is 0 Å². The van der Waals surface area contributed by atoms with Crippen LogP contribution in [-0.4, -0.2) is 15.0 Å². The lowest BCUT2D eigenvalue weighted by Crippen LogP contribution is -1.89. The fourth-order valence-electron chi connectivity index (χ4n) is 5.40. The van der Waals surface area contributed by atoms with Crippen LogP contribution in [-0.2, 0) is 0 Å². The fourth-order valence-corrected chi connectivity index (χ4v) is 6.36. The highest BCUT2D eigenvalue weighted by Crippen LogP contribution is 2.39. The molecule has 38 heavy (non-hydrogen) atoms. The minimum atomic E-state index is 0.883. The maximum atomic E-state index is 4.92. The van der Waals surface area contributed by atoms with Gasteiger partial charge in [-0.05, 0) is 75.1 Å². The first-order valence-electron chi connectivity index (χ1n) is 12.7. The van der Waals surface area contributed by atoms with Gasteiger partial charge in [-0.3, -0.25) is 0 Å². The number of para-hydroxylation sites is 3. The molecule has 0 bridgehead atoms. The highest BCUT2D eigenvalue weighted by molar-refractivity contribution is 7.21. The van der Waals surface area contributed by atoms with Gasteiger partial charge in [0, 0.05) is 11.1 Å². The SMILES string of the molecule is c1ccc2c(-c3cccc4ccc(-c5nc6ccccc6s5)cc34)cc(-c3nc4ccccc4[nH]3)cc2c1. The van der Waals surface area contributed by atoms with Crippen LogP contribution in [0.3, 0.4) is 0 Å². The summed E-state index contributed by atoms with van der Waals surface area (Å²) in [6.07, 6.45) is 0. The van der Waals surface area contributed by atoms with Crippen LogP contribution >= 0.6 is 11.3 Å². The van der Waals surface area contributed by atoms with E-state index < -0.39 is 0 Å². The molecule has 2 heterocycles. The molecule has 6 aromatic carbocycles. The van der Waals surface area contributed by atoms with E-state index in [-0.39, 0.29) is 0 Å². The first-order valence-corrected chi connectivity index (χ1v) is 13.5. The Bertz CT molecular complexity index is 2090. The van der Waals surface area contributed by atoms with E-state index in [1.807, 2.05) is 24.3 Å². The van der Waals surface area contributed by atoms with Crippen molar-refractivity contribution >= 4 is 54.1 Å². The number of imidazole rings is 1. The van der Waals surface area contributed by atoms with Crippen LogP contribution in [0.5, 0.6) is 0 Å². The summed E-state index contributed by atoms with van der Waals surface area (Å²) in [6.45, 7) is 0. The van der Waals surface area contributed by atoms with E-state index in [9.17, 15) is 0 Å². The summed E-state index contributed by atoms with van der Waals surface area (Å²) in [4.78, 5) is 13.3. The van der Waals surface area contributed by atoms with Gasteiger partial charge < -0.3 is 4.98 Å². The van der Waals surface area contributed by atoms with E-state index in [4.69, 9.17) is 9.97 Å². The average molecular weight is 504 g/mol. The Balaban J connectivity index is 1.36.